The third-order valence-electron chi connectivity index (χ3n) is 3.16. The summed E-state index contributed by atoms with van der Waals surface area (Å²) in [6.45, 7) is 1.84. The number of allylic oxidation sites excluding steroid dienone is 1. The Kier molecular flexibility index (Phi) is 3.11. The minimum absolute atomic E-state index is 0.228. The van der Waals surface area contributed by atoms with Crippen LogP contribution in [0.2, 0.25) is 0 Å². The molecule has 1 atom stereocenters. The van der Waals surface area contributed by atoms with E-state index in [2.05, 4.69) is 25.8 Å². The lowest BCUT2D eigenvalue weighted by Crippen LogP contribution is -2.43. The molecule has 0 aliphatic carbocycles. The van der Waals surface area contributed by atoms with Gasteiger partial charge in [-0.15, -0.1) is 0 Å². The molecule has 0 saturated carbocycles. The molecule has 1 aliphatic rings. The normalized spacial score (nSPS) is 18.6. The smallest absolute Gasteiger partial charge is 0.319 e. The first kappa shape index (κ1) is 12.6. The maximum absolute atomic E-state index is 11.7. The fraction of sp³-hybridized carbons (Fsp3) is 0.154. The average molecular weight is 287 g/mol. The van der Waals surface area contributed by atoms with E-state index in [4.69, 9.17) is 12.2 Å². The highest BCUT2D eigenvalue weighted by Crippen LogP contribution is 2.32. The van der Waals surface area contributed by atoms with Crippen molar-refractivity contribution < 1.29 is 4.79 Å². The molecule has 0 fully saturated rings. The molecule has 0 bridgehead atoms. The van der Waals surface area contributed by atoms with E-state index < -0.39 is 0 Å². The molecule has 1 aromatic heterocycles. The zero-order valence-electron chi connectivity index (χ0n) is 10.7. The Hall–Kier alpha value is -2.41. The predicted octanol–water partition coefficient (Wildman–Crippen LogP) is 2.25. The molecule has 1 aromatic carbocycles. The van der Waals surface area contributed by atoms with Gasteiger partial charge in [-0.3, -0.25) is 10.2 Å². The first-order valence-electron chi connectivity index (χ1n) is 6.13. The van der Waals surface area contributed by atoms with Gasteiger partial charge in [-0.05, 0) is 24.7 Å². The van der Waals surface area contributed by atoms with Crippen molar-refractivity contribution in [3.05, 3.63) is 52.2 Å². The molecule has 1 unspecified atom stereocenters. The second-order valence-electron chi connectivity index (χ2n) is 4.50. The zero-order valence-corrected chi connectivity index (χ0v) is 11.5. The van der Waals surface area contributed by atoms with Crippen LogP contribution in [0.4, 0.5) is 4.79 Å². The number of aromatic amines is 2. The average Bonchev–Trinajstić information content (AvgIpc) is 2.85. The van der Waals surface area contributed by atoms with Crippen LogP contribution >= 0.6 is 12.2 Å². The Morgan fingerprint density at radius 3 is 2.60 bits per heavy atom. The van der Waals surface area contributed by atoms with Crippen LogP contribution in [0.25, 0.3) is 5.57 Å². The summed E-state index contributed by atoms with van der Waals surface area (Å²) in [5.74, 6) is 0.619. The van der Waals surface area contributed by atoms with E-state index in [1.165, 1.54) is 0 Å². The molecule has 0 spiro atoms. The highest BCUT2D eigenvalue weighted by molar-refractivity contribution is 7.71. The number of carbonyl (C=O) groups is 1. The fourth-order valence-corrected chi connectivity index (χ4v) is 2.44. The molecule has 3 rings (SSSR count). The molecule has 102 valence electrons. The van der Waals surface area contributed by atoms with Crippen molar-refractivity contribution in [1.29, 1.82) is 0 Å². The summed E-state index contributed by atoms with van der Waals surface area (Å²) in [6, 6.07) is 9.24. The van der Waals surface area contributed by atoms with Crippen LogP contribution in [-0.4, -0.2) is 21.2 Å². The lowest BCUT2D eigenvalue weighted by atomic mass is 9.95. The molecular formula is C13H13N5OS. The minimum Gasteiger partial charge on any atom is -0.327 e. The van der Waals surface area contributed by atoms with Gasteiger partial charge >= 0.3 is 6.03 Å². The minimum atomic E-state index is -0.265. The van der Waals surface area contributed by atoms with Crippen molar-refractivity contribution in [2.45, 2.75) is 13.0 Å². The van der Waals surface area contributed by atoms with Crippen LogP contribution in [0, 0.1) is 4.77 Å². The molecule has 1 aliphatic heterocycles. The van der Waals surface area contributed by atoms with E-state index in [9.17, 15) is 4.79 Å². The van der Waals surface area contributed by atoms with Gasteiger partial charge in [0.15, 0.2) is 5.82 Å². The second kappa shape index (κ2) is 4.93. The van der Waals surface area contributed by atoms with E-state index in [0.717, 1.165) is 16.8 Å². The Labute approximate surface area is 120 Å². The van der Waals surface area contributed by atoms with Gasteiger partial charge in [-0.2, -0.15) is 4.98 Å². The van der Waals surface area contributed by atoms with Crippen LogP contribution in [0.15, 0.2) is 36.0 Å². The molecule has 2 amide bonds. The van der Waals surface area contributed by atoms with Crippen molar-refractivity contribution >= 4 is 23.8 Å². The molecule has 0 saturated heterocycles. The van der Waals surface area contributed by atoms with Crippen LogP contribution in [0.1, 0.15) is 24.4 Å². The van der Waals surface area contributed by atoms with E-state index in [1.54, 1.807) is 0 Å². The molecule has 4 N–H and O–H groups in total. The quantitative estimate of drug-likeness (QED) is 0.639. The molecule has 20 heavy (non-hydrogen) atoms. The first-order valence-corrected chi connectivity index (χ1v) is 6.54. The standard InChI is InChI=1S/C13H13N5OS/c1-7-9(11-16-13(20)18-17-11)10(15-12(19)14-7)8-5-3-2-4-6-8/h2-6,10H,1H3,(H2,14,15,19)(H2,16,17,18,20). The van der Waals surface area contributed by atoms with Gasteiger partial charge in [0.05, 0.1) is 6.04 Å². The van der Waals surface area contributed by atoms with E-state index in [0.29, 0.717) is 10.6 Å². The van der Waals surface area contributed by atoms with Crippen LogP contribution < -0.4 is 10.6 Å². The Balaban J connectivity index is 2.13. The number of nitrogens with zero attached hydrogens (tertiary/aromatic N) is 1. The number of hydrogen-bond donors (Lipinski definition) is 4. The summed E-state index contributed by atoms with van der Waals surface area (Å²) >= 11 is 4.99. The number of carbonyl (C=O) groups excluding carboxylic acids is 1. The topological polar surface area (TPSA) is 85.6 Å². The maximum Gasteiger partial charge on any atom is 0.319 e. The summed E-state index contributed by atoms with van der Waals surface area (Å²) in [5.41, 5.74) is 2.60. The van der Waals surface area contributed by atoms with Gasteiger partial charge in [-0.1, -0.05) is 30.3 Å². The number of benzene rings is 1. The van der Waals surface area contributed by atoms with E-state index >= 15 is 0 Å². The Bertz CT molecular complexity index is 730. The summed E-state index contributed by atoms with van der Waals surface area (Å²) < 4.78 is 0.379. The van der Waals surface area contributed by atoms with Crippen molar-refractivity contribution in [3.8, 4) is 0 Å². The van der Waals surface area contributed by atoms with Crippen LogP contribution in [0.3, 0.4) is 0 Å². The molecule has 7 heteroatoms. The van der Waals surface area contributed by atoms with Gasteiger partial charge in [0.25, 0.3) is 0 Å². The zero-order chi connectivity index (χ0) is 14.1. The van der Waals surface area contributed by atoms with E-state index in [-0.39, 0.29) is 12.1 Å². The summed E-state index contributed by atoms with van der Waals surface area (Å²) in [6.07, 6.45) is 0. The number of hydrogen-bond acceptors (Lipinski definition) is 3. The highest BCUT2D eigenvalue weighted by atomic mass is 32.1. The monoisotopic (exact) mass is 287 g/mol. The van der Waals surface area contributed by atoms with Gasteiger partial charge in [-0.25, -0.2) is 4.79 Å². The molecule has 2 heterocycles. The number of nitrogens with one attached hydrogen (secondary N) is 4. The fourth-order valence-electron chi connectivity index (χ4n) is 2.30. The first-order chi connectivity index (χ1) is 9.65. The number of urea groups is 1. The van der Waals surface area contributed by atoms with Crippen LogP contribution in [-0.2, 0) is 0 Å². The lowest BCUT2D eigenvalue weighted by molar-refractivity contribution is 0.240. The predicted molar refractivity (Wildman–Crippen MR) is 77.2 cm³/mol. The SMILES string of the molecule is CC1=C(c2nc(=S)[nH][nH]2)C(c2ccccc2)NC(=O)N1. The number of amides is 2. The molecule has 0 radical (unpaired) electrons. The maximum atomic E-state index is 11.7. The van der Waals surface area contributed by atoms with Gasteiger partial charge in [0.2, 0.25) is 4.77 Å². The number of H-pyrrole nitrogens is 2. The molecule has 2 aromatic rings. The third-order valence-corrected chi connectivity index (χ3v) is 3.35. The van der Waals surface area contributed by atoms with Crippen molar-refractivity contribution in [2.75, 3.05) is 0 Å². The van der Waals surface area contributed by atoms with Crippen molar-refractivity contribution in [1.82, 2.24) is 25.8 Å². The number of aromatic nitrogens is 3. The number of rotatable bonds is 2. The largest absolute Gasteiger partial charge is 0.327 e. The third kappa shape index (κ3) is 2.23. The van der Waals surface area contributed by atoms with Crippen LogP contribution in [0.5, 0.6) is 0 Å². The summed E-state index contributed by atoms with van der Waals surface area (Å²) in [5, 5.41) is 11.4. The molecule has 6 nitrogen and oxygen atoms in total. The van der Waals surface area contributed by atoms with Gasteiger partial charge in [0.1, 0.15) is 0 Å². The van der Waals surface area contributed by atoms with Gasteiger partial charge in [0, 0.05) is 11.3 Å². The lowest BCUT2D eigenvalue weighted by Gasteiger charge is -2.28. The van der Waals surface area contributed by atoms with Crippen molar-refractivity contribution in [3.63, 3.8) is 0 Å². The second-order valence-corrected chi connectivity index (χ2v) is 4.88. The van der Waals surface area contributed by atoms with Gasteiger partial charge < -0.3 is 10.6 Å². The van der Waals surface area contributed by atoms with E-state index in [1.807, 2.05) is 37.3 Å². The summed E-state index contributed by atoms with van der Waals surface area (Å²) in [4.78, 5) is 16.0. The Morgan fingerprint density at radius 2 is 1.95 bits per heavy atom. The summed E-state index contributed by atoms with van der Waals surface area (Å²) in [7, 11) is 0. The Morgan fingerprint density at radius 1 is 1.20 bits per heavy atom. The molecular weight excluding hydrogens is 274 g/mol. The highest BCUT2D eigenvalue weighted by Gasteiger charge is 2.28. The van der Waals surface area contributed by atoms with Crippen molar-refractivity contribution in [2.24, 2.45) is 0 Å².